The minimum absolute atomic E-state index is 0.0246. The van der Waals surface area contributed by atoms with Crippen LogP contribution in [0.5, 0.6) is 0 Å². The van der Waals surface area contributed by atoms with Gasteiger partial charge >= 0.3 is 6.09 Å². The van der Waals surface area contributed by atoms with Gasteiger partial charge in [-0.3, -0.25) is 4.98 Å². The van der Waals surface area contributed by atoms with Crippen molar-refractivity contribution in [2.45, 2.75) is 57.5 Å². The number of pyridine rings is 1. The summed E-state index contributed by atoms with van der Waals surface area (Å²) in [5, 5.41) is -0.0246. The third-order valence-corrected chi connectivity index (χ3v) is 10.3. The number of hydrogen-bond donors (Lipinski definition) is 1. The maximum absolute atomic E-state index is 11.9. The van der Waals surface area contributed by atoms with Crippen LogP contribution in [0.1, 0.15) is 44.9 Å². The Kier molecular flexibility index (Phi) is 6.73. The molecule has 0 saturated carbocycles. The van der Waals surface area contributed by atoms with Crippen molar-refractivity contribution >= 4 is 30.3 Å². The number of nitrogens with two attached hydrogens (primary N) is 1. The number of carbonyl (C=O) groups excluding carboxylic acids is 1. The zero-order valence-electron chi connectivity index (χ0n) is 17.3. The molecule has 5 nitrogen and oxygen atoms in total. The molecule has 1 aromatic heterocycles. The van der Waals surface area contributed by atoms with Gasteiger partial charge in [0.05, 0.1) is 0 Å². The number of aromatic nitrogens is 1. The summed E-state index contributed by atoms with van der Waals surface area (Å²) in [4.78, 5) is 16.2. The van der Waals surface area contributed by atoms with Crippen molar-refractivity contribution in [3.05, 3.63) is 64.4 Å². The number of amides is 1. The van der Waals surface area contributed by atoms with E-state index in [0.717, 1.165) is 10.0 Å². The van der Waals surface area contributed by atoms with Crippen LogP contribution in [0.25, 0.3) is 0 Å². The van der Waals surface area contributed by atoms with E-state index in [1.807, 2.05) is 43.3 Å². The average molecular weight is 465 g/mol. The van der Waals surface area contributed by atoms with Gasteiger partial charge in [-0.15, -0.1) is 0 Å². The smallest absolute Gasteiger partial charge is 0.405 e. The van der Waals surface area contributed by atoms with E-state index in [9.17, 15) is 4.79 Å². The van der Waals surface area contributed by atoms with Crippen molar-refractivity contribution in [1.82, 2.24) is 4.98 Å². The first kappa shape index (κ1) is 22.6. The second kappa shape index (κ2) is 8.35. The topological polar surface area (TPSA) is 74.4 Å². The highest BCUT2D eigenvalue weighted by atomic mass is 79.9. The van der Waals surface area contributed by atoms with Gasteiger partial charge in [-0.2, -0.15) is 0 Å². The number of ether oxygens (including phenoxy) is 1. The molecule has 0 fully saturated rings. The Labute approximate surface area is 176 Å². The van der Waals surface area contributed by atoms with E-state index in [0.29, 0.717) is 5.56 Å². The lowest BCUT2D eigenvalue weighted by atomic mass is 9.87. The first-order valence-corrected chi connectivity index (χ1v) is 12.9. The molecule has 2 rings (SSSR count). The van der Waals surface area contributed by atoms with Crippen LogP contribution >= 0.6 is 15.9 Å². The number of nitrogens with zero attached hydrogens (tertiary/aromatic N) is 1. The molecular weight excluding hydrogens is 436 g/mol. The lowest BCUT2D eigenvalue weighted by Gasteiger charge is -2.45. The fraction of sp³-hybridized carbons (Fsp3) is 0.429. The molecule has 7 heteroatoms. The summed E-state index contributed by atoms with van der Waals surface area (Å²) in [6, 6.07) is 11.7. The molecule has 0 bridgehead atoms. The number of carbonyl (C=O) groups is 1. The minimum Gasteiger partial charge on any atom is -0.435 e. The van der Waals surface area contributed by atoms with Crippen molar-refractivity contribution in [3.8, 4) is 0 Å². The van der Waals surface area contributed by atoms with Gasteiger partial charge in [-0.25, -0.2) is 4.79 Å². The molecule has 152 valence electrons. The summed E-state index contributed by atoms with van der Waals surface area (Å²) in [5.74, 6) is 0. The van der Waals surface area contributed by atoms with Crippen molar-refractivity contribution in [3.63, 3.8) is 0 Å². The standard InChI is InChI=1S/C21H29BrN2O3Si/c1-20(2,3)28(5,6)27-18(15-10-8-7-9-11-15)21(4,26-19(23)25)16-12-17(22)14-24-13-16/h7-14,18H,1-6H3,(H2,23,25). The average Bonchev–Trinajstić information content (AvgIpc) is 2.59. The molecule has 1 amide bonds. The molecule has 2 atom stereocenters. The Balaban J connectivity index is 2.67. The quantitative estimate of drug-likeness (QED) is 0.538. The van der Waals surface area contributed by atoms with Crippen LogP contribution in [0.15, 0.2) is 53.3 Å². The van der Waals surface area contributed by atoms with E-state index in [1.54, 1.807) is 12.4 Å². The Hall–Kier alpha value is -1.70. The Morgan fingerprint density at radius 1 is 1.14 bits per heavy atom. The van der Waals surface area contributed by atoms with E-state index < -0.39 is 26.1 Å². The van der Waals surface area contributed by atoms with Gasteiger partial charge in [0, 0.05) is 22.4 Å². The predicted octanol–water partition coefficient (Wildman–Crippen LogP) is 5.92. The van der Waals surface area contributed by atoms with Crippen LogP contribution in [0, 0.1) is 0 Å². The molecule has 28 heavy (non-hydrogen) atoms. The number of hydrogen-bond acceptors (Lipinski definition) is 4. The van der Waals surface area contributed by atoms with Crippen LogP contribution < -0.4 is 5.73 Å². The summed E-state index contributed by atoms with van der Waals surface area (Å²) in [6.07, 6.45) is 1.96. The normalized spacial score (nSPS) is 15.5. The lowest BCUT2D eigenvalue weighted by Crippen LogP contribution is -2.48. The summed E-state index contributed by atoms with van der Waals surface area (Å²) in [6.45, 7) is 12.7. The van der Waals surface area contributed by atoms with Crippen LogP contribution in [-0.2, 0) is 14.8 Å². The van der Waals surface area contributed by atoms with Gasteiger partial charge in [0.15, 0.2) is 13.9 Å². The van der Waals surface area contributed by atoms with E-state index in [2.05, 4.69) is 54.8 Å². The van der Waals surface area contributed by atoms with Crippen LogP contribution in [-0.4, -0.2) is 19.4 Å². The largest absolute Gasteiger partial charge is 0.435 e. The van der Waals surface area contributed by atoms with Gasteiger partial charge < -0.3 is 14.9 Å². The highest BCUT2D eigenvalue weighted by Gasteiger charge is 2.48. The number of benzene rings is 1. The molecule has 2 N–H and O–H groups in total. The Morgan fingerprint density at radius 2 is 1.75 bits per heavy atom. The zero-order valence-corrected chi connectivity index (χ0v) is 19.9. The number of halogens is 1. The summed E-state index contributed by atoms with van der Waals surface area (Å²) in [7, 11) is -2.22. The molecule has 0 spiro atoms. The Bertz CT molecular complexity index is 824. The molecule has 0 aliphatic heterocycles. The van der Waals surface area contributed by atoms with Crippen LogP contribution in [0.4, 0.5) is 4.79 Å². The number of rotatable bonds is 6. The molecular formula is C21H29BrN2O3Si. The monoisotopic (exact) mass is 464 g/mol. The van der Waals surface area contributed by atoms with Gasteiger partial charge in [0.2, 0.25) is 0 Å². The predicted molar refractivity (Wildman–Crippen MR) is 117 cm³/mol. The maximum atomic E-state index is 11.9. The molecule has 0 aliphatic carbocycles. The van der Waals surface area contributed by atoms with Crippen molar-refractivity contribution < 1.29 is 14.0 Å². The second-order valence-corrected chi connectivity index (χ2v) is 14.3. The second-order valence-electron chi connectivity index (χ2n) is 8.59. The fourth-order valence-electron chi connectivity index (χ4n) is 2.75. The highest BCUT2D eigenvalue weighted by Crippen LogP contribution is 2.47. The minimum atomic E-state index is -2.22. The summed E-state index contributed by atoms with van der Waals surface area (Å²) in [5.41, 5.74) is 5.94. The molecule has 1 aromatic carbocycles. The third kappa shape index (κ3) is 5.01. The van der Waals surface area contributed by atoms with Gasteiger partial charge in [0.25, 0.3) is 0 Å². The van der Waals surface area contributed by atoms with E-state index in [4.69, 9.17) is 14.9 Å². The Morgan fingerprint density at radius 3 is 2.25 bits per heavy atom. The van der Waals surface area contributed by atoms with Crippen LogP contribution in [0.2, 0.25) is 18.1 Å². The molecule has 0 radical (unpaired) electrons. The molecule has 0 aliphatic rings. The third-order valence-electron chi connectivity index (χ3n) is 5.41. The van der Waals surface area contributed by atoms with Crippen molar-refractivity contribution in [2.24, 2.45) is 5.73 Å². The van der Waals surface area contributed by atoms with Gasteiger partial charge in [0.1, 0.15) is 6.10 Å². The van der Waals surface area contributed by atoms with Crippen LogP contribution in [0.3, 0.4) is 0 Å². The first-order chi connectivity index (χ1) is 12.9. The van der Waals surface area contributed by atoms with E-state index in [-0.39, 0.29) is 5.04 Å². The molecule has 2 unspecified atom stereocenters. The van der Waals surface area contributed by atoms with Gasteiger partial charge in [-0.1, -0.05) is 51.1 Å². The van der Waals surface area contributed by atoms with Crippen molar-refractivity contribution in [2.75, 3.05) is 0 Å². The van der Waals surface area contributed by atoms with Gasteiger partial charge in [-0.05, 0) is 52.6 Å². The summed E-state index contributed by atoms with van der Waals surface area (Å²) < 4.78 is 13.3. The van der Waals surface area contributed by atoms with E-state index in [1.165, 1.54) is 0 Å². The van der Waals surface area contributed by atoms with E-state index >= 15 is 0 Å². The summed E-state index contributed by atoms with van der Waals surface area (Å²) >= 11 is 3.45. The maximum Gasteiger partial charge on any atom is 0.405 e. The molecule has 2 aromatic rings. The highest BCUT2D eigenvalue weighted by molar-refractivity contribution is 9.10. The fourth-order valence-corrected chi connectivity index (χ4v) is 4.42. The van der Waals surface area contributed by atoms with Crippen molar-refractivity contribution in [1.29, 1.82) is 0 Å². The first-order valence-electron chi connectivity index (χ1n) is 9.19. The SMILES string of the molecule is CC(OC(N)=O)(c1cncc(Br)c1)C(O[Si](C)(C)C(C)(C)C)c1ccccc1. The molecule has 0 saturated heterocycles. The number of primary amides is 1. The zero-order chi connectivity index (χ0) is 21.2. The molecule has 1 heterocycles. The lowest BCUT2D eigenvalue weighted by molar-refractivity contribution is -0.0680.